The van der Waals surface area contributed by atoms with Crippen molar-refractivity contribution in [1.82, 2.24) is 10.2 Å². The van der Waals surface area contributed by atoms with Crippen LogP contribution in [0.4, 0.5) is 0 Å². The second kappa shape index (κ2) is 6.39. The lowest BCUT2D eigenvalue weighted by Crippen LogP contribution is -2.57. The van der Waals surface area contributed by atoms with Crippen LogP contribution in [0.15, 0.2) is 24.3 Å². The van der Waals surface area contributed by atoms with E-state index in [1.165, 1.54) is 0 Å². The van der Waals surface area contributed by atoms with E-state index in [4.69, 9.17) is 10.00 Å². The SMILES string of the molecule is CCN(CCOc1ccc(C#N)cc1)C1CNC1. The lowest BCUT2D eigenvalue weighted by Gasteiger charge is -2.37. The topological polar surface area (TPSA) is 48.3 Å². The number of likely N-dealkylation sites (N-methyl/N-ethyl adjacent to an activating group) is 1. The molecule has 1 aliphatic heterocycles. The fourth-order valence-corrected chi connectivity index (χ4v) is 2.04. The molecule has 1 aromatic carbocycles. The first-order valence-electron chi connectivity index (χ1n) is 6.41. The molecule has 0 bridgehead atoms. The first-order valence-corrected chi connectivity index (χ1v) is 6.41. The van der Waals surface area contributed by atoms with E-state index < -0.39 is 0 Å². The molecule has 4 nitrogen and oxygen atoms in total. The van der Waals surface area contributed by atoms with Gasteiger partial charge in [-0.2, -0.15) is 5.26 Å². The monoisotopic (exact) mass is 245 g/mol. The lowest BCUT2D eigenvalue weighted by atomic mass is 10.1. The van der Waals surface area contributed by atoms with Crippen LogP contribution in [0.25, 0.3) is 0 Å². The summed E-state index contributed by atoms with van der Waals surface area (Å²) >= 11 is 0. The van der Waals surface area contributed by atoms with Gasteiger partial charge in [-0.3, -0.25) is 4.90 Å². The van der Waals surface area contributed by atoms with Crippen molar-refractivity contribution in [1.29, 1.82) is 5.26 Å². The van der Waals surface area contributed by atoms with Crippen molar-refractivity contribution in [2.24, 2.45) is 0 Å². The summed E-state index contributed by atoms with van der Waals surface area (Å²) in [6, 6.07) is 10.0. The third-order valence-corrected chi connectivity index (χ3v) is 3.31. The van der Waals surface area contributed by atoms with Gasteiger partial charge in [0.15, 0.2) is 0 Å². The maximum atomic E-state index is 8.70. The minimum atomic E-state index is 0.665. The Labute approximate surface area is 108 Å². The summed E-state index contributed by atoms with van der Waals surface area (Å²) in [5.74, 6) is 0.830. The molecule has 1 aliphatic rings. The van der Waals surface area contributed by atoms with Crippen LogP contribution in [-0.2, 0) is 0 Å². The molecular weight excluding hydrogens is 226 g/mol. The van der Waals surface area contributed by atoms with E-state index in [1.807, 2.05) is 12.1 Å². The zero-order valence-electron chi connectivity index (χ0n) is 10.7. The molecule has 1 N–H and O–H groups in total. The van der Waals surface area contributed by atoms with Crippen LogP contribution in [0.1, 0.15) is 12.5 Å². The van der Waals surface area contributed by atoms with Gasteiger partial charge in [0.05, 0.1) is 11.6 Å². The number of hydrogen-bond acceptors (Lipinski definition) is 4. The molecule has 0 radical (unpaired) electrons. The minimum Gasteiger partial charge on any atom is -0.492 e. The summed E-state index contributed by atoms with van der Waals surface area (Å²) in [5, 5.41) is 12.0. The Hall–Kier alpha value is -1.57. The average molecular weight is 245 g/mol. The quantitative estimate of drug-likeness (QED) is 0.819. The molecule has 0 atom stereocenters. The standard InChI is InChI=1S/C14H19N3O/c1-2-17(13-10-16-11-13)7-8-18-14-5-3-12(9-15)4-6-14/h3-6,13,16H,2,7-8,10-11H2,1H3. The van der Waals surface area contributed by atoms with Gasteiger partial charge in [-0.1, -0.05) is 6.92 Å². The van der Waals surface area contributed by atoms with Crippen molar-refractivity contribution in [2.75, 3.05) is 32.8 Å². The van der Waals surface area contributed by atoms with Crippen molar-refractivity contribution in [2.45, 2.75) is 13.0 Å². The molecule has 1 fully saturated rings. The van der Waals surface area contributed by atoms with E-state index >= 15 is 0 Å². The van der Waals surface area contributed by atoms with Gasteiger partial charge in [0, 0.05) is 25.7 Å². The molecule has 0 unspecified atom stereocenters. The van der Waals surface area contributed by atoms with Crippen LogP contribution in [0.3, 0.4) is 0 Å². The fraction of sp³-hybridized carbons (Fsp3) is 0.500. The third kappa shape index (κ3) is 3.22. The summed E-state index contributed by atoms with van der Waals surface area (Å²) in [6.07, 6.45) is 0. The molecule has 18 heavy (non-hydrogen) atoms. The van der Waals surface area contributed by atoms with E-state index in [1.54, 1.807) is 12.1 Å². The van der Waals surface area contributed by atoms with Crippen LogP contribution >= 0.6 is 0 Å². The van der Waals surface area contributed by atoms with Gasteiger partial charge in [-0.25, -0.2) is 0 Å². The number of hydrogen-bond donors (Lipinski definition) is 1. The van der Waals surface area contributed by atoms with Gasteiger partial charge in [0.2, 0.25) is 0 Å². The number of ether oxygens (including phenoxy) is 1. The highest BCUT2D eigenvalue weighted by atomic mass is 16.5. The number of nitriles is 1. The van der Waals surface area contributed by atoms with Crippen molar-refractivity contribution >= 4 is 0 Å². The van der Waals surface area contributed by atoms with E-state index in [9.17, 15) is 0 Å². The van der Waals surface area contributed by atoms with Gasteiger partial charge in [-0.05, 0) is 30.8 Å². The molecule has 2 rings (SSSR count). The van der Waals surface area contributed by atoms with Crippen LogP contribution in [0.2, 0.25) is 0 Å². The summed E-state index contributed by atoms with van der Waals surface area (Å²) < 4.78 is 5.69. The van der Waals surface area contributed by atoms with Crippen molar-refractivity contribution in [3.05, 3.63) is 29.8 Å². The largest absolute Gasteiger partial charge is 0.492 e. The molecule has 1 saturated heterocycles. The molecule has 0 spiro atoms. The molecule has 0 aromatic heterocycles. The minimum absolute atomic E-state index is 0.665. The van der Waals surface area contributed by atoms with Crippen molar-refractivity contribution in [3.8, 4) is 11.8 Å². The fourth-order valence-electron chi connectivity index (χ4n) is 2.04. The maximum absolute atomic E-state index is 8.70. The third-order valence-electron chi connectivity index (χ3n) is 3.31. The smallest absolute Gasteiger partial charge is 0.119 e. The van der Waals surface area contributed by atoms with Gasteiger partial charge in [0.1, 0.15) is 12.4 Å². The van der Waals surface area contributed by atoms with Crippen LogP contribution in [0.5, 0.6) is 5.75 Å². The lowest BCUT2D eigenvalue weighted by molar-refractivity contribution is 0.128. The van der Waals surface area contributed by atoms with Crippen LogP contribution in [0, 0.1) is 11.3 Å². The second-order valence-corrected chi connectivity index (χ2v) is 4.43. The summed E-state index contributed by atoms with van der Waals surface area (Å²) in [6.45, 7) is 7.05. The zero-order chi connectivity index (χ0) is 12.8. The molecule has 0 saturated carbocycles. The molecular formula is C14H19N3O. The predicted molar refractivity (Wildman–Crippen MR) is 70.6 cm³/mol. The molecule has 1 heterocycles. The van der Waals surface area contributed by atoms with E-state index in [-0.39, 0.29) is 0 Å². The average Bonchev–Trinajstić information content (AvgIpc) is 2.36. The van der Waals surface area contributed by atoms with Gasteiger partial charge >= 0.3 is 0 Å². The highest BCUT2D eigenvalue weighted by molar-refractivity contribution is 5.34. The van der Waals surface area contributed by atoms with Gasteiger partial charge in [-0.15, -0.1) is 0 Å². The molecule has 96 valence electrons. The molecule has 0 aliphatic carbocycles. The molecule has 4 heteroatoms. The van der Waals surface area contributed by atoms with E-state index in [0.717, 1.165) is 31.9 Å². The first-order chi connectivity index (χ1) is 8.83. The van der Waals surface area contributed by atoms with Crippen molar-refractivity contribution in [3.63, 3.8) is 0 Å². The normalized spacial score (nSPS) is 15.2. The Morgan fingerprint density at radius 3 is 2.61 bits per heavy atom. The highest BCUT2D eigenvalue weighted by Crippen LogP contribution is 2.12. The number of nitrogens with one attached hydrogen (secondary N) is 1. The Morgan fingerprint density at radius 2 is 2.11 bits per heavy atom. The molecule has 1 aromatic rings. The maximum Gasteiger partial charge on any atom is 0.119 e. The number of rotatable bonds is 6. The number of nitrogens with zero attached hydrogens (tertiary/aromatic N) is 2. The molecule has 0 amide bonds. The zero-order valence-corrected chi connectivity index (χ0v) is 10.7. The Bertz CT molecular complexity index is 406. The Morgan fingerprint density at radius 1 is 1.39 bits per heavy atom. The Balaban J connectivity index is 1.75. The summed E-state index contributed by atoms with van der Waals surface area (Å²) in [5.41, 5.74) is 0.665. The second-order valence-electron chi connectivity index (χ2n) is 4.43. The van der Waals surface area contributed by atoms with Gasteiger partial charge in [0.25, 0.3) is 0 Å². The first kappa shape index (κ1) is 12.9. The van der Waals surface area contributed by atoms with Gasteiger partial charge < -0.3 is 10.1 Å². The van der Waals surface area contributed by atoms with Crippen LogP contribution < -0.4 is 10.1 Å². The van der Waals surface area contributed by atoms with E-state index in [2.05, 4.69) is 23.2 Å². The summed E-state index contributed by atoms with van der Waals surface area (Å²) in [7, 11) is 0. The van der Waals surface area contributed by atoms with Crippen LogP contribution in [-0.4, -0.2) is 43.7 Å². The van der Waals surface area contributed by atoms with E-state index in [0.29, 0.717) is 18.2 Å². The van der Waals surface area contributed by atoms with Crippen molar-refractivity contribution < 1.29 is 4.74 Å². The number of benzene rings is 1. The predicted octanol–water partition coefficient (Wildman–Crippen LogP) is 1.23. The highest BCUT2D eigenvalue weighted by Gasteiger charge is 2.22. The Kier molecular flexibility index (Phi) is 4.57. The summed E-state index contributed by atoms with van der Waals surface area (Å²) in [4.78, 5) is 2.43.